The molecule has 1 aromatic rings. The Morgan fingerprint density at radius 3 is 2.13 bits per heavy atom. The number of halogens is 1. The smallest absolute Gasteiger partial charge is 0.261 e. The largest absolute Gasteiger partial charge is 0.312 e. The number of hydrogen-bond acceptors (Lipinski definition) is 1. The zero-order valence-corrected chi connectivity index (χ0v) is 10.3. The highest BCUT2D eigenvalue weighted by atomic mass is 32.2. The molecule has 0 spiro atoms. The second kappa shape index (κ2) is 5.16. The minimum atomic E-state index is -0.199. The summed E-state index contributed by atoms with van der Waals surface area (Å²) >= 11 is 1.62. The number of benzene rings is 1. The third-order valence-corrected chi connectivity index (χ3v) is 3.21. The van der Waals surface area contributed by atoms with E-state index in [0.717, 1.165) is 10.1 Å². The van der Waals surface area contributed by atoms with Gasteiger partial charge in [0.25, 0.3) is 0 Å². The monoisotopic (exact) mass is 227 g/mol. The van der Waals surface area contributed by atoms with Gasteiger partial charge in [0, 0.05) is 4.90 Å². The first-order valence-corrected chi connectivity index (χ1v) is 5.47. The maximum Gasteiger partial charge on any atom is 0.312 e. The van der Waals surface area contributed by atoms with E-state index in [-0.39, 0.29) is 5.82 Å². The molecule has 0 fully saturated rings. The van der Waals surface area contributed by atoms with Crippen molar-refractivity contribution in [2.75, 3.05) is 28.2 Å². The molecule has 0 aliphatic carbocycles. The first kappa shape index (κ1) is 12.0. The maximum atomic E-state index is 12.7. The molecule has 0 N–H and O–H groups in total. The first-order valence-electron chi connectivity index (χ1n) is 4.65. The van der Waals surface area contributed by atoms with Gasteiger partial charge in [0.15, 0.2) is 0 Å². The third-order valence-electron chi connectivity index (χ3n) is 1.79. The van der Waals surface area contributed by atoms with Gasteiger partial charge in [0.2, 0.25) is 0 Å². The molecule has 0 aliphatic rings. The van der Waals surface area contributed by atoms with Gasteiger partial charge in [-0.3, -0.25) is 9.48 Å². The summed E-state index contributed by atoms with van der Waals surface area (Å²) in [6.07, 6.45) is 0. The topological polar surface area (TPSA) is 6.25 Å². The van der Waals surface area contributed by atoms with Crippen LogP contribution in [0.3, 0.4) is 0 Å². The standard InChI is InChI=1S/C11H16FN2S/c1-13(2)11(14(3)4)15-10-7-5-9(12)6-8-10/h5-8H,1-4H3/q+1. The van der Waals surface area contributed by atoms with Crippen LogP contribution >= 0.6 is 11.8 Å². The molecule has 2 nitrogen and oxygen atoms in total. The molecule has 1 rings (SSSR count). The SMILES string of the molecule is CN(C)C(Sc1ccc(F)cc1)=[N+](C)C. The van der Waals surface area contributed by atoms with Gasteiger partial charge in [-0.1, -0.05) is 0 Å². The van der Waals surface area contributed by atoms with Crippen LogP contribution in [0.1, 0.15) is 0 Å². The van der Waals surface area contributed by atoms with E-state index in [1.54, 1.807) is 23.9 Å². The predicted molar refractivity (Wildman–Crippen MR) is 63.1 cm³/mol. The molecule has 0 bridgehead atoms. The van der Waals surface area contributed by atoms with Crippen LogP contribution < -0.4 is 0 Å². The lowest BCUT2D eigenvalue weighted by atomic mass is 10.4. The summed E-state index contributed by atoms with van der Waals surface area (Å²) in [5.74, 6) is -0.199. The summed E-state index contributed by atoms with van der Waals surface area (Å²) in [6.45, 7) is 0. The normalized spacial score (nSPS) is 9.93. The van der Waals surface area contributed by atoms with Crippen molar-refractivity contribution in [3.8, 4) is 0 Å². The lowest BCUT2D eigenvalue weighted by Gasteiger charge is -2.10. The Kier molecular flexibility index (Phi) is 4.15. The molecule has 0 saturated heterocycles. The second-order valence-corrected chi connectivity index (χ2v) is 4.67. The van der Waals surface area contributed by atoms with Crippen LogP contribution in [0.2, 0.25) is 0 Å². The van der Waals surface area contributed by atoms with E-state index in [2.05, 4.69) is 0 Å². The number of thioether (sulfide) groups is 1. The van der Waals surface area contributed by atoms with E-state index in [1.165, 1.54) is 12.1 Å². The second-order valence-electron chi connectivity index (χ2n) is 3.63. The molecule has 15 heavy (non-hydrogen) atoms. The van der Waals surface area contributed by atoms with Crippen LogP contribution in [0.4, 0.5) is 4.39 Å². The van der Waals surface area contributed by atoms with Crippen LogP contribution in [-0.2, 0) is 0 Å². The van der Waals surface area contributed by atoms with Crippen LogP contribution in [0.15, 0.2) is 29.2 Å². The first-order chi connectivity index (χ1) is 7.00. The third kappa shape index (κ3) is 3.55. The molecule has 0 aromatic heterocycles. The summed E-state index contributed by atoms with van der Waals surface area (Å²) < 4.78 is 14.7. The van der Waals surface area contributed by atoms with Crippen molar-refractivity contribution in [2.24, 2.45) is 0 Å². The fourth-order valence-electron chi connectivity index (χ4n) is 1.19. The molecule has 4 heteroatoms. The number of rotatable bonds is 1. The lowest BCUT2D eigenvalue weighted by Crippen LogP contribution is -2.26. The average Bonchev–Trinajstić information content (AvgIpc) is 2.15. The van der Waals surface area contributed by atoms with Gasteiger partial charge in [0.05, 0.1) is 28.2 Å². The Labute approximate surface area is 94.4 Å². The number of hydrogen-bond donors (Lipinski definition) is 0. The van der Waals surface area contributed by atoms with Crippen LogP contribution in [0.5, 0.6) is 0 Å². The van der Waals surface area contributed by atoms with Crippen molar-refractivity contribution >= 4 is 16.9 Å². The Morgan fingerprint density at radius 2 is 1.73 bits per heavy atom. The molecule has 0 atom stereocenters. The summed E-state index contributed by atoms with van der Waals surface area (Å²) in [4.78, 5) is 3.07. The van der Waals surface area contributed by atoms with Crippen molar-refractivity contribution in [3.05, 3.63) is 30.1 Å². The molecule has 0 heterocycles. The molecule has 1 aromatic carbocycles. The van der Waals surface area contributed by atoms with Gasteiger partial charge >= 0.3 is 5.17 Å². The Balaban J connectivity index is 2.85. The van der Waals surface area contributed by atoms with Crippen LogP contribution in [0.25, 0.3) is 0 Å². The molecule has 0 saturated carbocycles. The Morgan fingerprint density at radius 1 is 1.20 bits per heavy atom. The molecule has 0 radical (unpaired) electrons. The van der Waals surface area contributed by atoms with E-state index < -0.39 is 0 Å². The zero-order chi connectivity index (χ0) is 11.4. The fraction of sp³-hybridized carbons (Fsp3) is 0.364. The van der Waals surface area contributed by atoms with Crippen molar-refractivity contribution < 1.29 is 8.97 Å². The van der Waals surface area contributed by atoms with Gasteiger partial charge in [0.1, 0.15) is 5.82 Å². The zero-order valence-electron chi connectivity index (χ0n) is 9.49. The summed E-state index contributed by atoms with van der Waals surface area (Å²) in [5, 5.41) is 1.11. The number of amidine groups is 1. The van der Waals surface area contributed by atoms with Crippen LogP contribution in [0, 0.1) is 5.82 Å². The van der Waals surface area contributed by atoms with Gasteiger partial charge in [-0.2, -0.15) is 0 Å². The fourth-order valence-corrected chi connectivity index (χ4v) is 2.04. The van der Waals surface area contributed by atoms with E-state index in [4.69, 9.17) is 0 Å². The van der Waals surface area contributed by atoms with E-state index in [1.807, 2.05) is 37.7 Å². The number of nitrogens with zero attached hydrogens (tertiary/aromatic N) is 2. The minimum absolute atomic E-state index is 0.199. The molecule has 0 aliphatic heterocycles. The van der Waals surface area contributed by atoms with Crippen molar-refractivity contribution in [3.63, 3.8) is 0 Å². The van der Waals surface area contributed by atoms with Gasteiger partial charge < -0.3 is 0 Å². The quantitative estimate of drug-likeness (QED) is 0.314. The van der Waals surface area contributed by atoms with Crippen molar-refractivity contribution in [1.29, 1.82) is 0 Å². The van der Waals surface area contributed by atoms with Crippen molar-refractivity contribution in [2.45, 2.75) is 4.90 Å². The average molecular weight is 227 g/mol. The van der Waals surface area contributed by atoms with Gasteiger partial charge in [-0.15, -0.1) is 0 Å². The van der Waals surface area contributed by atoms with E-state index >= 15 is 0 Å². The highest BCUT2D eigenvalue weighted by Gasteiger charge is 2.13. The van der Waals surface area contributed by atoms with Gasteiger partial charge in [-0.25, -0.2) is 4.39 Å². The van der Waals surface area contributed by atoms with Gasteiger partial charge in [-0.05, 0) is 36.0 Å². The summed E-state index contributed by atoms with van der Waals surface area (Å²) in [7, 11) is 7.97. The van der Waals surface area contributed by atoms with E-state index in [0.29, 0.717) is 0 Å². The summed E-state index contributed by atoms with van der Waals surface area (Å²) in [5.41, 5.74) is 0. The molecular weight excluding hydrogens is 211 g/mol. The molecule has 82 valence electrons. The Bertz CT molecular complexity index is 353. The highest BCUT2D eigenvalue weighted by molar-refractivity contribution is 8.13. The van der Waals surface area contributed by atoms with Crippen LogP contribution in [-0.4, -0.2) is 42.8 Å². The summed E-state index contributed by atoms with van der Waals surface area (Å²) in [6, 6.07) is 6.52. The highest BCUT2D eigenvalue weighted by Crippen LogP contribution is 2.20. The minimum Gasteiger partial charge on any atom is -0.261 e. The predicted octanol–water partition coefficient (Wildman–Crippen LogP) is 2.11. The maximum absolute atomic E-state index is 12.7. The molecular formula is C11H16FN2S+. The lowest BCUT2D eigenvalue weighted by molar-refractivity contribution is -0.466. The van der Waals surface area contributed by atoms with E-state index in [9.17, 15) is 4.39 Å². The molecule has 0 unspecified atom stereocenters. The Hall–Kier alpha value is -1.03. The molecule has 0 amide bonds. The van der Waals surface area contributed by atoms with Crippen molar-refractivity contribution in [1.82, 2.24) is 4.90 Å².